The Balaban J connectivity index is 2.31. The number of carbonyl (C=O) groups excluding carboxylic acids is 1. The topological polar surface area (TPSA) is 55.8 Å². The molecule has 0 aromatic heterocycles. The Kier molecular flexibility index (Phi) is 4.61. The van der Waals surface area contributed by atoms with E-state index in [1.54, 1.807) is 12.1 Å². The van der Waals surface area contributed by atoms with E-state index in [-0.39, 0.29) is 28.6 Å². The molecule has 2 aromatic carbocycles. The SMILES string of the molecule is COc1ccc(C(=O)C=Cc2ccccc2)c(OC)c1O. The Hall–Kier alpha value is -2.75. The molecule has 2 aromatic rings. The average Bonchev–Trinajstić information content (AvgIpc) is 2.53. The van der Waals surface area contributed by atoms with E-state index in [4.69, 9.17) is 9.47 Å². The Morgan fingerprint density at radius 3 is 2.38 bits per heavy atom. The predicted octanol–water partition coefficient (Wildman–Crippen LogP) is 3.31. The van der Waals surface area contributed by atoms with Crippen LogP contribution < -0.4 is 9.47 Å². The second-order valence-electron chi connectivity index (χ2n) is 4.31. The fourth-order valence-corrected chi connectivity index (χ4v) is 1.94. The molecule has 0 heterocycles. The van der Waals surface area contributed by atoms with Gasteiger partial charge in [-0.2, -0.15) is 0 Å². The molecular formula is C17H16O4. The van der Waals surface area contributed by atoms with E-state index < -0.39 is 0 Å². The molecule has 0 saturated heterocycles. The van der Waals surface area contributed by atoms with E-state index in [0.717, 1.165) is 5.56 Å². The number of phenols is 1. The average molecular weight is 284 g/mol. The van der Waals surface area contributed by atoms with Gasteiger partial charge in [-0.1, -0.05) is 36.4 Å². The number of carbonyl (C=O) groups is 1. The summed E-state index contributed by atoms with van der Waals surface area (Å²) in [5.41, 5.74) is 1.20. The number of methoxy groups -OCH3 is 2. The van der Waals surface area contributed by atoms with Gasteiger partial charge in [0, 0.05) is 0 Å². The summed E-state index contributed by atoms with van der Waals surface area (Å²) in [4.78, 5) is 12.2. The second kappa shape index (κ2) is 6.61. The lowest BCUT2D eigenvalue weighted by Crippen LogP contribution is -2.00. The smallest absolute Gasteiger partial charge is 0.201 e. The molecule has 0 saturated carbocycles. The molecule has 0 radical (unpaired) electrons. The molecule has 0 aliphatic carbocycles. The Morgan fingerprint density at radius 2 is 1.76 bits per heavy atom. The summed E-state index contributed by atoms with van der Waals surface area (Å²) in [5.74, 6) is -0.0693. The van der Waals surface area contributed by atoms with Gasteiger partial charge in [-0.25, -0.2) is 0 Å². The summed E-state index contributed by atoms with van der Waals surface area (Å²) < 4.78 is 10.1. The molecule has 2 rings (SSSR count). The van der Waals surface area contributed by atoms with Crippen molar-refractivity contribution in [3.63, 3.8) is 0 Å². The zero-order valence-electron chi connectivity index (χ0n) is 11.9. The van der Waals surface area contributed by atoms with Crippen molar-refractivity contribution in [1.29, 1.82) is 0 Å². The van der Waals surface area contributed by atoms with Gasteiger partial charge in [0.15, 0.2) is 17.3 Å². The van der Waals surface area contributed by atoms with Gasteiger partial charge in [0.25, 0.3) is 0 Å². The lowest BCUT2D eigenvalue weighted by atomic mass is 10.1. The van der Waals surface area contributed by atoms with E-state index in [1.807, 2.05) is 30.3 Å². The van der Waals surface area contributed by atoms with Crippen LogP contribution in [0.4, 0.5) is 0 Å². The van der Waals surface area contributed by atoms with E-state index in [1.165, 1.54) is 26.4 Å². The maximum Gasteiger partial charge on any atom is 0.201 e. The highest BCUT2D eigenvalue weighted by atomic mass is 16.5. The fourth-order valence-electron chi connectivity index (χ4n) is 1.94. The van der Waals surface area contributed by atoms with Crippen molar-refractivity contribution >= 4 is 11.9 Å². The van der Waals surface area contributed by atoms with E-state index in [9.17, 15) is 9.90 Å². The number of rotatable bonds is 5. The quantitative estimate of drug-likeness (QED) is 0.676. The first-order chi connectivity index (χ1) is 10.2. The van der Waals surface area contributed by atoms with Gasteiger partial charge in [0.2, 0.25) is 5.75 Å². The summed E-state index contributed by atoms with van der Waals surface area (Å²) in [6.07, 6.45) is 3.15. The summed E-state index contributed by atoms with van der Waals surface area (Å²) in [6.45, 7) is 0. The third kappa shape index (κ3) is 3.23. The Bertz CT molecular complexity index is 660. The molecule has 4 heteroatoms. The molecule has 0 unspecified atom stereocenters. The highest BCUT2D eigenvalue weighted by molar-refractivity contribution is 6.09. The van der Waals surface area contributed by atoms with Gasteiger partial charge in [0.05, 0.1) is 19.8 Å². The zero-order valence-corrected chi connectivity index (χ0v) is 11.9. The molecule has 4 nitrogen and oxygen atoms in total. The first-order valence-corrected chi connectivity index (χ1v) is 6.38. The van der Waals surface area contributed by atoms with Crippen molar-refractivity contribution in [3.05, 3.63) is 59.7 Å². The van der Waals surface area contributed by atoms with Crippen LogP contribution in [0.2, 0.25) is 0 Å². The van der Waals surface area contributed by atoms with Crippen LogP contribution in [-0.2, 0) is 0 Å². The van der Waals surface area contributed by atoms with Crippen LogP contribution in [0.25, 0.3) is 6.08 Å². The first-order valence-electron chi connectivity index (χ1n) is 6.38. The van der Waals surface area contributed by atoms with Crippen molar-refractivity contribution < 1.29 is 19.4 Å². The van der Waals surface area contributed by atoms with Gasteiger partial charge >= 0.3 is 0 Å². The largest absolute Gasteiger partial charge is 0.502 e. The first kappa shape index (κ1) is 14.7. The summed E-state index contributed by atoms with van der Waals surface area (Å²) >= 11 is 0. The minimum Gasteiger partial charge on any atom is -0.502 e. The normalized spacial score (nSPS) is 10.6. The maximum absolute atomic E-state index is 12.2. The van der Waals surface area contributed by atoms with E-state index in [2.05, 4.69) is 0 Å². The van der Waals surface area contributed by atoms with Crippen molar-refractivity contribution in [2.24, 2.45) is 0 Å². The van der Waals surface area contributed by atoms with Crippen molar-refractivity contribution in [2.75, 3.05) is 14.2 Å². The monoisotopic (exact) mass is 284 g/mol. The van der Waals surface area contributed by atoms with Crippen LogP contribution in [0.5, 0.6) is 17.2 Å². The van der Waals surface area contributed by atoms with Crippen molar-refractivity contribution in [2.45, 2.75) is 0 Å². The minimum atomic E-state index is -0.256. The number of hydrogen-bond acceptors (Lipinski definition) is 4. The van der Waals surface area contributed by atoms with Crippen LogP contribution in [0, 0.1) is 0 Å². The standard InChI is InChI=1S/C17H16O4/c1-20-15-11-9-13(17(21-2)16(15)19)14(18)10-8-12-6-4-3-5-7-12/h3-11,19H,1-2H3. The van der Waals surface area contributed by atoms with Gasteiger partial charge < -0.3 is 14.6 Å². The third-order valence-corrected chi connectivity index (χ3v) is 3.01. The van der Waals surface area contributed by atoms with E-state index >= 15 is 0 Å². The summed E-state index contributed by atoms with van der Waals surface area (Å²) in [6, 6.07) is 12.6. The number of aromatic hydroxyl groups is 1. The molecule has 0 bridgehead atoms. The molecule has 21 heavy (non-hydrogen) atoms. The summed E-state index contributed by atoms with van der Waals surface area (Å²) in [7, 11) is 2.83. The highest BCUT2D eigenvalue weighted by Crippen LogP contribution is 2.38. The molecule has 0 spiro atoms. The molecule has 0 atom stereocenters. The molecular weight excluding hydrogens is 268 g/mol. The van der Waals surface area contributed by atoms with Crippen LogP contribution in [0.1, 0.15) is 15.9 Å². The van der Waals surface area contributed by atoms with Crippen LogP contribution in [0.3, 0.4) is 0 Å². The second-order valence-corrected chi connectivity index (χ2v) is 4.31. The van der Waals surface area contributed by atoms with Gasteiger partial charge in [-0.05, 0) is 23.8 Å². The molecule has 1 N–H and O–H groups in total. The highest BCUT2D eigenvalue weighted by Gasteiger charge is 2.17. The number of hydrogen-bond donors (Lipinski definition) is 1. The number of ether oxygens (including phenoxy) is 2. The Morgan fingerprint density at radius 1 is 1.05 bits per heavy atom. The summed E-state index contributed by atoms with van der Waals surface area (Å²) in [5, 5.41) is 9.98. The number of allylic oxidation sites excluding steroid dienone is 1. The van der Waals surface area contributed by atoms with Crippen LogP contribution in [-0.4, -0.2) is 25.1 Å². The minimum absolute atomic E-state index is 0.108. The molecule has 0 aliphatic rings. The zero-order chi connectivity index (χ0) is 15.2. The number of phenolic OH excluding ortho intramolecular Hbond substituents is 1. The van der Waals surface area contributed by atoms with Crippen LogP contribution in [0.15, 0.2) is 48.5 Å². The molecule has 108 valence electrons. The van der Waals surface area contributed by atoms with Crippen molar-refractivity contribution in [3.8, 4) is 17.2 Å². The third-order valence-electron chi connectivity index (χ3n) is 3.01. The molecule has 0 fully saturated rings. The number of benzene rings is 2. The molecule has 0 amide bonds. The van der Waals surface area contributed by atoms with Gasteiger partial charge in [-0.3, -0.25) is 4.79 Å². The number of ketones is 1. The molecule has 0 aliphatic heterocycles. The predicted molar refractivity (Wildman–Crippen MR) is 81.0 cm³/mol. The fraction of sp³-hybridized carbons (Fsp3) is 0.118. The van der Waals surface area contributed by atoms with E-state index in [0.29, 0.717) is 0 Å². The lowest BCUT2D eigenvalue weighted by molar-refractivity contribution is 0.104. The van der Waals surface area contributed by atoms with Gasteiger partial charge in [-0.15, -0.1) is 0 Å². The maximum atomic E-state index is 12.2. The van der Waals surface area contributed by atoms with Gasteiger partial charge in [0.1, 0.15) is 0 Å². The Labute approximate surface area is 123 Å². The lowest BCUT2D eigenvalue weighted by Gasteiger charge is -2.11. The van der Waals surface area contributed by atoms with Crippen molar-refractivity contribution in [1.82, 2.24) is 0 Å². The van der Waals surface area contributed by atoms with Crippen LogP contribution >= 0.6 is 0 Å².